The highest BCUT2D eigenvalue weighted by Crippen LogP contribution is 2.25. The van der Waals surface area contributed by atoms with E-state index in [1.807, 2.05) is 22.6 Å². The topological polar surface area (TPSA) is 50.3 Å². The molecular formula is C7H8BrIN2O2S. The second-order valence-corrected chi connectivity index (χ2v) is 6.68. The molecule has 1 heterocycles. The van der Waals surface area contributed by atoms with Crippen molar-refractivity contribution in [3.8, 4) is 0 Å². The average Bonchev–Trinajstić information content (AvgIpc) is 2.06. The van der Waals surface area contributed by atoms with Crippen molar-refractivity contribution >= 4 is 54.2 Å². The third-order valence-corrected chi connectivity index (χ3v) is 4.09. The molecule has 0 amide bonds. The maximum atomic E-state index is 11.3. The smallest absolute Gasteiger partial charge is 0.232 e. The number of aromatic nitrogens is 1. The molecular weight excluding hydrogens is 383 g/mol. The minimum absolute atomic E-state index is 0.614. The molecule has 0 atom stereocenters. The van der Waals surface area contributed by atoms with Crippen molar-refractivity contribution in [3.05, 3.63) is 20.4 Å². The minimum atomic E-state index is -3.22. The Kier molecular flexibility index (Phi) is 3.75. The van der Waals surface area contributed by atoms with Gasteiger partial charge in [-0.15, -0.1) is 0 Å². The Hall–Kier alpha value is 0.110. The first-order valence-corrected chi connectivity index (χ1v) is 7.29. The van der Waals surface area contributed by atoms with Gasteiger partial charge < -0.3 is 0 Å². The SMILES string of the molecule is CN(c1cc(Br)ncc1I)S(C)(=O)=O. The molecule has 14 heavy (non-hydrogen) atoms. The third kappa shape index (κ3) is 2.80. The highest BCUT2D eigenvalue weighted by molar-refractivity contribution is 14.1. The van der Waals surface area contributed by atoms with E-state index in [-0.39, 0.29) is 0 Å². The van der Waals surface area contributed by atoms with Crippen LogP contribution in [-0.2, 0) is 10.0 Å². The summed E-state index contributed by atoms with van der Waals surface area (Å²) in [5, 5.41) is 0. The van der Waals surface area contributed by atoms with Crippen LogP contribution in [0.5, 0.6) is 0 Å². The van der Waals surface area contributed by atoms with E-state index in [2.05, 4.69) is 20.9 Å². The standard InChI is InChI=1S/C7H8BrIN2O2S/c1-11(14(2,12)13)6-3-7(8)10-4-5(6)9/h3-4H,1-2H3. The van der Waals surface area contributed by atoms with Gasteiger partial charge in [-0.2, -0.15) is 0 Å². The lowest BCUT2D eigenvalue weighted by atomic mass is 10.4. The molecule has 0 saturated heterocycles. The summed E-state index contributed by atoms with van der Waals surface area (Å²) in [6, 6.07) is 1.67. The Morgan fingerprint density at radius 3 is 2.64 bits per heavy atom. The summed E-state index contributed by atoms with van der Waals surface area (Å²) >= 11 is 5.24. The van der Waals surface area contributed by atoms with Gasteiger partial charge in [0.2, 0.25) is 10.0 Å². The van der Waals surface area contributed by atoms with Crippen LogP contribution < -0.4 is 4.31 Å². The molecule has 0 spiro atoms. The van der Waals surface area contributed by atoms with Gasteiger partial charge >= 0.3 is 0 Å². The van der Waals surface area contributed by atoms with Gasteiger partial charge in [0, 0.05) is 13.2 Å². The minimum Gasteiger partial charge on any atom is -0.272 e. The molecule has 0 saturated carbocycles. The average molecular weight is 391 g/mol. The molecule has 0 aromatic carbocycles. The number of hydrogen-bond donors (Lipinski definition) is 0. The number of hydrogen-bond acceptors (Lipinski definition) is 3. The molecule has 78 valence electrons. The van der Waals surface area contributed by atoms with E-state index in [4.69, 9.17) is 0 Å². The van der Waals surface area contributed by atoms with Crippen molar-refractivity contribution < 1.29 is 8.42 Å². The first kappa shape index (κ1) is 12.2. The predicted molar refractivity (Wildman–Crippen MR) is 67.9 cm³/mol. The van der Waals surface area contributed by atoms with E-state index in [0.717, 1.165) is 9.83 Å². The van der Waals surface area contributed by atoms with Crippen molar-refractivity contribution in [1.29, 1.82) is 0 Å². The van der Waals surface area contributed by atoms with Gasteiger partial charge in [0.15, 0.2) is 0 Å². The largest absolute Gasteiger partial charge is 0.272 e. The Labute approximate surface area is 105 Å². The van der Waals surface area contributed by atoms with E-state index in [1.54, 1.807) is 12.3 Å². The van der Waals surface area contributed by atoms with Gasteiger partial charge in [0.05, 0.1) is 15.5 Å². The van der Waals surface area contributed by atoms with E-state index in [1.165, 1.54) is 11.4 Å². The zero-order chi connectivity index (χ0) is 10.9. The summed E-state index contributed by atoms with van der Waals surface area (Å²) in [5.74, 6) is 0. The van der Waals surface area contributed by atoms with Crippen LogP contribution in [0.2, 0.25) is 0 Å². The summed E-state index contributed by atoms with van der Waals surface area (Å²) in [7, 11) is -1.70. The molecule has 0 fully saturated rings. The highest BCUT2D eigenvalue weighted by Gasteiger charge is 2.15. The summed E-state index contributed by atoms with van der Waals surface area (Å²) in [5.41, 5.74) is 0.620. The Morgan fingerprint density at radius 1 is 1.57 bits per heavy atom. The number of halogens is 2. The van der Waals surface area contributed by atoms with Crippen LogP contribution in [0, 0.1) is 3.57 Å². The lowest BCUT2D eigenvalue weighted by Crippen LogP contribution is -2.25. The second-order valence-electron chi connectivity index (χ2n) is 2.69. The lowest BCUT2D eigenvalue weighted by Gasteiger charge is -2.17. The van der Waals surface area contributed by atoms with Crippen LogP contribution in [0.25, 0.3) is 0 Å². The maximum absolute atomic E-state index is 11.3. The number of rotatable bonds is 2. The van der Waals surface area contributed by atoms with Crippen LogP contribution in [0.15, 0.2) is 16.9 Å². The molecule has 0 bridgehead atoms. The summed E-state index contributed by atoms with van der Waals surface area (Å²) in [4.78, 5) is 3.99. The lowest BCUT2D eigenvalue weighted by molar-refractivity contribution is 0.600. The molecule has 0 radical (unpaired) electrons. The van der Waals surface area contributed by atoms with Gasteiger partial charge in [0.1, 0.15) is 4.60 Å². The Morgan fingerprint density at radius 2 is 2.14 bits per heavy atom. The highest BCUT2D eigenvalue weighted by atomic mass is 127. The first-order chi connectivity index (χ1) is 6.32. The van der Waals surface area contributed by atoms with Gasteiger partial charge in [0.25, 0.3) is 0 Å². The zero-order valence-corrected chi connectivity index (χ0v) is 12.1. The van der Waals surface area contributed by atoms with Crippen LogP contribution in [0.4, 0.5) is 5.69 Å². The fourth-order valence-electron chi connectivity index (χ4n) is 0.823. The fraction of sp³-hybridized carbons (Fsp3) is 0.286. The number of pyridine rings is 1. The number of nitrogens with zero attached hydrogens (tertiary/aromatic N) is 2. The van der Waals surface area contributed by atoms with Gasteiger partial charge in [-0.25, -0.2) is 13.4 Å². The maximum Gasteiger partial charge on any atom is 0.232 e. The number of sulfonamides is 1. The molecule has 0 aliphatic carbocycles. The molecule has 0 aliphatic heterocycles. The fourth-order valence-corrected chi connectivity index (χ4v) is 2.47. The van der Waals surface area contributed by atoms with Gasteiger partial charge in [-0.1, -0.05) is 0 Å². The van der Waals surface area contributed by atoms with Crippen molar-refractivity contribution in [2.75, 3.05) is 17.6 Å². The van der Waals surface area contributed by atoms with E-state index in [0.29, 0.717) is 10.3 Å². The van der Waals surface area contributed by atoms with Crippen LogP contribution >= 0.6 is 38.5 Å². The summed E-state index contributed by atoms with van der Waals surface area (Å²) in [6.07, 6.45) is 2.78. The summed E-state index contributed by atoms with van der Waals surface area (Å²) in [6.45, 7) is 0. The first-order valence-electron chi connectivity index (χ1n) is 3.57. The predicted octanol–water partition coefficient (Wildman–Crippen LogP) is 1.84. The molecule has 4 nitrogen and oxygen atoms in total. The van der Waals surface area contributed by atoms with Crippen molar-refractivity contribution in [2.24, 2.45) is 0 Å². The van der Waals surface area contributed by atoms with Gasteiger partial charge in [-0.05, 0) is 44.6 Å². The monoisotopic (exact) mass is 390 g/mol. The van der Waals surface area contributed by atoms with Crippen LogP contribution in [-0.4, -0.2) is 26.7 Å². The molecule has 0 N–H and O–H groups in total. The van der Waals surface area contributed by atoms with Crippen molar-refractivity contribution in [2.45, 2.75) is 0 Å². The van der Waals surface area contributed by atoms with E-state index in [9.17, 15) is 8.42 Å². The normalized spacial score (nSPS) is 11.4. The Balaban J connectivity index is 3.26. The quantitative estimate of drug-likeness (QED) is 0.572. The zero-order valence-electron chi connectivity index (χ0n) is 7.53. The van der Waals surface area contributed by atoms with E-state index < -0.39 is 10.0 Å². The number of anilines is 1. The van der Waals surface area contributed by atoms with Crippen LogP contribution in [0.1, 0.15) is 0 Å². The summed E-state index contributed by atoms with van der Waals surface area (Å²) < 4.78 is 25.2. The van der Waals surface area contributed by atoms with Crippen LogP contribution in [0.3, 0.4) is 0 Å². The molecule has 0 aliphatic rings. The molecule has 1 aromatic heterocycles. The molecule has 7 heteroatoms. The van der Waals surface area contributed by atoms with Gasteiger partial charge in [-0.3, -0.25) is 4.31 Å². The molecule has 1 rings (SSSR count). The third-order valence-electron chi connectivity index (χ3n) is 1.64. The van der Waals surface area contributed by atoms with E-state index >= 15 is 0 Å². The Bertz CT molecular complexity index is 449. The molecule has 0 unspecified atom stereocenters. The van der Waals surface area contributed by atoms with Crippen molar-refractivity contribution in [1.82, 2.24) is 4.98 Å². The van der Waals surface area contributed by atoms with Crippen molar-refractivity contribution in [3.63, 3.8) is 0 Å². The second kappa shape index (κ2) is 4.31. The molecule has 1 aromatic rings.